The van der Waals surface area contributed by atoms with Crippen molar-refractivity contribution in [2.75, 3.05) is 0 Å². The summed E-state index contributed by atoms with van der Waals surface area (Å²) in [5.74, 6) is 3.10. The predicted molar refractivity (Wildman–Crippen MR) is 58.4 cm³/mol. The molecule has 4 heteroatoms. The summed E-state index contributed by atoms with van der Waals surface area (Å²) in [4.78, 5) is 0. The number of aromatic nitrogens is 3. The molecule has 0 aliphatic carbocycles. The van der Waals surface area contributed by atoms with E-state index in [0.29, 0.717) is 11.8 Å². The van der Waals surface area contributed by atoms with Gasteiger partial charge >= 0.3 is 0 Å². The van der Waals surface area contributed by atoms with E-state index in [9.17, 15) is 0 Å². The van der Waals surface area contributed by atoms with Gasteiger partial charge in [-0.15, -0.1) is 21.8 Å². The molecule has 0 spiro atoms. The molecule has 0 radical (unpaired) electrons. The molecule has 1 rings (SSSR count). The van der Waals surface area contributed by atoms with E-state index in [4.69, 9.17) is 11.6 Å². The van der Waals surface area contributed by atoms with Crippen LogP contribution in [0.4, 0.5) is 0 Å². The molecule has 0 N–H and O–H groups in total. The van der Waals surface area contributed by atoms with Gasteiger partial charge in [0.25, 0.3) is 0 Å². The van der Waals surface area contributed by atoms with Crippen molar-refractivity contribution in [1.29, 1.82) is 0 Å². The van der Waals surface area contributed by atoms with E-state index >= 15 is 0 Å². The highest BCUT2D eigenvalue weighted by Gasteiger charge is 2.09. The first-order valence-electron chi connectivity index (χ1n) is 5.16. The number of alkyl halides is 1. The molecule has 0 aromatic carbocycles. The molecule has 80 valence electrons. The fraction of sp³-hybridized carbons (Fsp3) is 0.800. The molecule has 1 aromatic rings. The summed E-state index contributed by atoms with van der Waals surface area (Å²) in [5, 5.41) is 8.22. The molecule has 1 heterocycles. The van der Waals surface area contributed by atoms with Gasteiger partial charge in [0, 0.05) is 13.0 Å². The monoisotopic (exact) mass is 215 g/mol. The maximum Gasteiger partial charge on any atom is 0.147 e. The van der Waals surface area contributed by atoms with E-state index in [-0.39, 0.29) is 0 Å². The van der Waals surface area contributed by atoms with Crippen molar-refractivity contribution < 1.29 is 0 Å². The Kier molecular flexibility index (Phi) is 4.39. The molecule has 0 unspecified atom stereocenters. The van der Waals surface area contributed by atoms with Crippen molar-refractivity contribution in [3.8, 4) is 0 Å². The smallest absolute Gasteiger partial charge is 0.147 e. The number of rotatable bonds is 5. The lowest BCUT2D eigenvalue weighted by Gasteiger charge is -2.07. The average molecular weight is 216 g/mol. The molecule has 0 fully saturated rings. The molecule has 1 aromatic heterocycles. The summed E-state index contributed by atoms with van der Waals surface area (Å²) < 4.78 is 2.11. The van der Waals surface area contributed by atoms with Gasteiger partial charge in [-0.25, -0.2) is 0 Å². The Morgan fingerprint density at radius 1 is 1.29 bits per heavy atom. The number of nitrogens with zero attached hydrogens (tertiary/aromatic N) is 3. The van der Waals surface area contributed by atoms with Gasteiger partial charge in [-0.2, -0.15) is 0 Å². The van der Waals surface area contributed by atoms with Gasteiger partial charge in [-0.05, 0) is 19.3 Å². The van der Waals surface area contributed by atoms with Gasteiger partial charge in [-0.1, -0.05) is 13.8 Å². The van der Waals surface area contributed by atoms with Gasteiger partial charge in [0.2, 0.25) is 0 Å². The van der Waals surface area contributed by atoms with Crippen LogP contribution in [0.1, 0.15) is 38.8 Å². The summed E-state index contributed by atoms with van der Waals surface area (Å²) in [5.41, 5.74) is 0. The van der Waals surface area contributed by atoms with Gasteiger partial charge < -0.3 is 4.57 Å². The summed E-state index contributed by atoms with van der Waals surface area (Å²) >= 11 is 5.76. The summed E-state index contributed by atoms with van der Waals surface area (Å²) in [6, 6.07) is 0. The Balaban J connectivity index is 2.71. The number of aryl methyl sites for hydroxylation is 1. The van der Waals surface area contributed by atoms with Crippen LogP contribution in [0.25, 0.3) is 0 Å². The van der Waals surface area contributed by atoms with Crippen molar-refractivity contribution in [3.63, 3.8) is 0 Å². The minimum absolute atomic E-state index is 0.447. The Labute approximate surface area is 90.5 Å². The zero-order chi connectivity index (χ0) is 10.6. The number of halogens is 1. The predicted octanol–water partition coefficient (Wildman–Crippen LogP) is 2.63. The SMILES string of the molecule is CCn1c(CCl)nnc1CCC(C)C. The van der Waals surface area contributed by atoms with Crippen molar-refractivity contribution >= 4 is 11.6 Å². The Morgan fingerprint density at radius 2 is 1.93 bits per heavy atom. The van der Waals surface area contributed by atoms with Crippen LogP contribution in [0.2, 0.25) is 0 Å². The first kappa shape index (κ1) is 11.5. The standard InChI is InChI=1S/C10H18ClN3/c1-4-14-9(6-5-8(2)3)12-13-10(14)7-11/h8H,4-7H2,1-3H3. The zero-order valence-corrected chi connectivity index (χ0v) is 9.88. The van der Waals surface area contributed by atoms with E-state index in [0.717, 1.165) is 31.0 Å². The molecule has 0 aliphatic heterocycles. The van der Waals surface area contributed by atoms with Gasteiger partial charge in [-0.3, -0.25) is 0 Å². The molecule has 0 saturated carbocycles. The highest BCUT2D eigenvalue weighted by atomic mass is 35.5. The Hall–Kier alpha value is -0.570. The van der Waals surface area contributed by atoms with E-state index < -0.39 is 0 Å². The third-order valence-electron chi connectivity index (χ3n) is 2.29. The molecule has 3 nitrogen and oxygen atoms in total. The van der Waals surface area contributed by atoms with Crippen LogP contribution in [-0.2, 0) is 18.8 Å². The summed E-state index contributed by atoms with van der Waals surface area (Å²) in [6.07, 6.45) is 2.15. The first-order chi connectivity index (χ1) is 6.69. The molecule has 0 bridgehead atoms. The highest BCUT2D eigenvalue weighted by Crippen LogP contribution is 2.10. The van der Waals surface area contributed by atoms with Crippen LogP contribution >= 0.6 is 11.6 Å². The second-order valence-electron chi connectivity index (χ2n) is 3.84. The van der Waals surface area contributed by atoms with E-state index in [1.807, 2.05) is 0 Å². The van der Waals surface area contributed by atoms with E-state index in [1.165, 1.54) is 0 Å². The molecular weight excluding hydrogens is 198 g/mol. The number of hydrogen-bond donors (Lipinski definition) is 0. The fourth-order valence-corrected chi connectivity index (χ4v) is 1.64. The topological polar surface area (TPSA) is 30.7 Å². The lowest BCUT2D eigenvalue weighted by molar-refractivity contribution is 0.555. The second kappa shape index (κ2) is 5.35. The van der Waals surface area contributed by atoms with Gasteiger partial charge in [0.15, 0.2) is 0 Å². The third-order valence-corrected chi connectivity index (χ3v) is 2.52. The molecule has 0 aliphatic rings. The largest absolute Gasteiger partial charge is 0.314 e. The maximum absolute atomic E-state index is 5.76. The van der Waals surface area contributed by atoms with Gasteiger partial charge in [0.05, 0.1) is 5.88 Å². The summed E-state index contributed by atoms with van der Waals surface area (Å²) in [6.45, 7) is 7.44. The average Bonchev–Trinajstić information content (AvgIpc) is 2.56. The fourth-order valence-electron chi connectivity index (χ4n) is 1.44. The van der Waals surface area contributed by atoms with Gasteiger partial charge in [0.1, 0.15) is 11.6 Å². The maximum atomic E-state index is 5.76. The van der Waals surface area contributed by atoms with Crippen LogP contribution in [-0.4, -0.2) is 14.8 Å². The minimum Gasteiger partial charge on any atom is -0.314 e. The molecule has 0 amide bonds. The van der Waals surface area contributed by atoms with Crippen molar-refractivity contribution in [2.45, 2.75) is 46.0 Å². The third kappa shape index (κ3) is 2.71. The lowest BCUT2D eigenvalue weighted by Crippen LogP contribution is -2.06. The normalized spacial score (nSPS) is 11.2. The van der Waals surface area contributed by atoms with E-state index in [1.54, 1.807) is 0 Å². The number of hydrogen-bond acceptors (Lipinski definition) is 2. The molecule has 0 atom stereocenters. The molecule has 14 heavy (non-hydrogen) atoms. The first-order valence-corrected chi connectivity index (χ1v) is 5.69. The van der Waals surface area contributed by atoms with Crippen molar-refractivity contribution in [1.82, 2.24) is 14.8 Å². The lowest BCUT2D eigenvalue weighted by atomic mass is 10.1. The van der Waals surface area contributed by atoms with Crippen LogP contribution in [0, 0.1) is 5.92 Å². The highest BCUT2D eigenvalue weighted by molar-refractivity contribution is 6.16. The summed E-state index contributed by atoms with van der Waals surface area (Å²) in [7, 11) is 0. The second-order valence-corrected chi connectivity index (χ2v) is 4.11. The van der Waals surface area contributed by atoms with Crippen LogP contribution in [0.3, 0.4) is 0 Å². The minimum atomic E-state index is 0.447. The molecule has 0 saturated heterocycles. The van der Waals surface area contributed by atoms with Crippen molar-refractivity contribution in [3.05, 3.63) is 11.6 Å². The van der Waals surface area contributed by atoms with E-state index in [2.05, 4.69) is 35.5 Å². The van der Waals surface area contributed by atoms with Crippen LogP contribution < -0.4 is 0 Å². The van der Waals surface area contributed by atoms with Crippen molar-refractivity contribution in [2.24, 2.45) is 5.92 Å². The van der Waals surface area contributed by atoms with Crippen LogP contribution in [0.15, 0.2) is 0 Å². The van der Waals surface area contributed by atoms with Crippen LogP contribution in [0.5, 0.6) is 0 Å². The Morgan fingerprint density at radius 3 is 2.43 bits per heavy atom. The quantitative estimate of drug-likeness (QED) is 0.707. The zero-order valence-electron chi connectivity index (χ0n) is 9.13. The molecular formula is C10H18ClN3. The Bertz CT molecular complexity index is 281.